The average molecular weight is 269 g/mol. The monoisotopic (exact) mass is 269 g/mol. The zero-order chi connectivity index (χ0) is 14.5. The third-order valence-electron chi connectivity index (χ3n) is 2.65. The second-order valence-corrected chi connectivity index (χ2v) is 4.06. The highest BCUT2D eigenvalue weighted by molar-refractivity contribution is 6.07. The van der Waals surface area contributed by atoms with Gasteiger partial charge in [0.25, 0.3) is 0 Å². The number of halogens is 2. The van der Waals surface area contributed by atoms with E-state index in [4.69, 9.17) is 5.26 Å². The van der Waals surface area contributed by atoms with E-state index in [0.29, 0.717) is 11.1 Å². The van der Waals surface area contributed by atoms with Gasteiger partial charge in [-0.2, -0.15) is 5.26 Å². The van der Waals surface area contributed by atoms with Crippen LogP contribution in [0.25, 0.3) is 6.08 Å². The van der Waals surface area contributed by atoms with Crippen molar-refractivity contribution in [1.82, 2.24) is 0 Å². The van der Waals surface area contributed by atoms with Crippen molar-refractivity contribution in [2.75, 3.05) is 0 Å². The van der Waals surface area contributed by atoms with Gasteiger partial charge in [0, 0.05) is 11.1 Å². The van der Waals surface area contributed by atoms with E-state index in [1.54, 1.807) is 18.2 Å². The molecular weight excluding hydrogens is 260 g/mol. The molecule has 0 spiro atoms. The molecule has 0 aromatic heterocycles. The van der Waals surface area contributed by atoms with Gasteiger partial charge in [-0.1, -0.05) is 12.1 Å². The second-order valence-electron chi connectivity index (χ2n) is 4.06. The van der Waals surface area contributed by atoms with E-state index >= 15 is 0 Å². The largest absolute Gasteiger partial charge is 0.289 e. The Kier molecular flexibility index (Phi) is 4.02. The minimum atomic E-state index is -0.610. The summed E-state index contributed by atoms with van der Waals surface area (Å²) in [5.41, 5.74) is 0.674. The fraction of sp³-hybridized carbons (Fsp3) is 0. The van der Waals surface area contributed by atoms with Gasteiger partial charge < -0.3 is 0 Å². The van der Waals surface area contributed by atoms with Crippen molar-refractivity contribution in [2.45, 2.75) is 0 Å². The molecule has 0 saturated heterocycles. The first-order valence-corrected chi connectivity index (χ1v) is 5.78. The summed E-state index contributed by atoms with van der Waals surface area (Å²) in [6.45, 7) is 0. The average Bonchev–Trinajstić information content (AvgIpc) is 2.48. The molecule has 0 radical (unpaired) electrons. The molecule has 2 aromatic rings. The van der Waals surface area contributed by atoms with Gasteiger partial charge in [0.15, 0.2) is 5.78 Å². The number of nitrogens with zero attached hydrogens (tertiary/aromatic N) is 1. The molecule has 0 fully saturated rings. The molecule has 0 heterocycles. The zero-order valence-electron chi connectivity index (χ0n) is 10.3. The van der Waals surface area contributed by atoms with Crippen LogP contribution in [0.2, 0.25) is 0 Å². The second kappa shape index (κ2) is 5.89. The lowest BCUT2D eigenvalue weighted by atomic mass is 10.1. The van der Waals surface area contributed by atoms with Crippen LogP contribution in [0.3, 0.4) is 0 Å². The molecule has 0 aliphatic rings. The number of rotatable bonds is 3. The Labute approximate surface area is 114 Å². The molecule has 2 aromatic carbocycles. The van der Waals surface area contributed by atoms with Gasteiger partial charge in [0.1, 0.15) is 11.6 Å². The summed E-state index contributed by atoms with van der Waals surface area (Å²) in [4.78, 5) is 11.9. The number of ketones is 1. The van der Waals surface area contributed by atoms with Gasteiger partial charge in [0.05, 0.1) is 11.6 Å². The van der Waals surface area contributed by atoms with E-state index in [-0.39, 0.29) is 11.3 Å². The Morgan fingerprint density at radius 1 is 1.15 bits per heavy atom. The maximum absolute atomic E-state index is 13.4. The predicted molar refractivity (Wildman–Crippen MR) is 70.9 cm³/mol. The van der Waals surface area contributed by atoms with Gasteiger partial charge in [-0.05, 0) is 42.5 Å². The number of hydrogen-bond donors (Lipinski definition) is 0. The summed E-state index contributed by atoms with van der Waals surface area (Å²) >= 11 is 0. The number of carbonyl (C=O) groups excluding carboxylic acids is 1. The van der Waals surface area contributed by atoms with Crippen molar-refractivity contribution in [2.24, 2.45) is 0 Å². The summed E-state index contributed by atoms with van der Waals surface area (Å²) in [6, 6.07) is 11.1. The number of carbonyl (C=O) groups is 1. The lowest BCUT2D eigenvalue weighted by Gasteiger charge is -1.98. The van der Waals surface area contributed by atoms with Crippen molar-refractivity contribution in [3.63, 3.8) is 0 Å². The van der Waals surface area contributed by atoms with E-state index in [1.807, 2.05) is 6.07 Å². The van der Waals surface area contributed by atoms with E-state index in [2.05, 4.69) is 0 Å². The predicted octanol–water partition coefficient (Wildman–Crippen LogP) is 3.73. The van der Waals surface area contributed by atoms with E-state index < -0.39 is 11.6 Å². The molecule has 2 rings (SSSR count). The molecule has 0 aliphatic carbocycles. The molecule has 2 nitrogen and oxygen atoms in total. The third-order valence-corrected chi connectivity index (χ3v) is 2.65. The Bertz CT molecular complexity index is 729. The summed E-state index contributed by atoms with van der Waals surface area (Å²) in [5.74, 6) is -1.57. The van der Waals surface area contributed by atoms with E-state index in [1.165, 1.54) is 12.1 Å². The van der Waals surface area contributed by atoms with Crippen LogP contribution in [0.5, 0.6) is 0 Å². The molecule has 0 unspecified atom stereocenters. The maximum atomic E-state index is 13.4. The van der Waals surface area contributed by atoms with Gasteiger partial charge in [0.2, 0.25) is 0 Å². The van der Waals surface area contributed by atoms with Gasteiger partial charge in [-0.25, -0.2) is 8.78 Å². The fourth-order valence-corrected chi connectivity index (χ4v) is 1.65. The van der Waals surface area contributed by atoms with Crippen LogP contribution in [0, 0.1) is 23.0 Å². The Morgan fingerprint density at radius 3 is 2.70 bits per heavy atom. The van der Waals surface area contributed by atoms with Crippen molar-refractivity contribution >= 4 is 11.9 Å². The molecule has 0 saturated carbocycles. The standard InChI is InChI=1S/C16H9F2NO/c17-14-5-6-15(18)12(9-14)4-7-16(20)13-3-1-2-11(8-13)10-19/h1-9H/b7-4+. The Balaban J connectivity index is 2.25. The van der Waals surface area contributed by atoms with Crippen LogP contribution in [0.4, 0.5) is 8.78 Å². The maximum Gasteiger partial charge on any atom is 0.185 e. The number of hydrogen-bond acceptors (Lipinski definition) is 2. The van der Waals surface area contributed by atoms with Crippen molar-refractivity contribution < 1.29 is 13.6 Å². The van der Waals surface area contributed by atoms with Crippen LogP contribution in [-0.2, 0) is 0 Å². The molecule has 0 atom stereocenters. The van der Waals surface area contributed by atoms with Crippen LogP contribution >= 0.6 is 0 Å². The Morgan fingerprint density at radius 2 is 1.95 bits per heavy atom. The van der Waals surface area contributed by atoms with Gasteiger partial charge in [-0.15, -0.1) is 0 Å². The van der Waals surface area contributed by atoms with Crippen LogP contribution in [0.1, 0.15) is 21.5 Å². The number of nitriles is 1. The van der Waals surface area contributed by atoms with Crippen molar-refractivity contribution in [3.05, 3.63) is 76.9 Å². The lowest BCUT2D eigenvalue weighted by Crippen LogP contribution is -1.95. The highest BCUT2D eigenvalue weighted by Crippen LogP contribution is 2.12. The third kappa shape index (κ3) is 3.15. The summed E-state index contributed by atoms with van der Waals surface area (Å²) < 4.78 is 26.3. The minimum absolute atomic E-state index is 0.00483. The number of benzene rings is 2. The smallest absolute Gasteiger partial charge is 0.185 e. The van der Waals surface area contributed by atoms with Crippen molar-refractivity contribution in [1.29, 1.82) is 5.26 Å². The normalized spacial score (nSPS) is 10.4. The fourth-order valence-electron chi connectivity index (χ4n) is 1.65. The van der Waals surface area contributed by atoms with E-state index in [9.17, 15) is 13.6 Å². The SMILES string of the molecule is N#Cc1cccc(C(=O)/C=C/c2cc(F)ccc2F)c1. The summed E-state index contributed by atoms with van der Waals surface area (Å²) in [5, 5.41) is 8.75. The van der Waals surface area contributed by atoms with Gasteiger partial charge >= 0.3 is 0 Å². The minimum Gasteiger partial charge on any atom is -0.289 e. The molecule has 20 heavy (non-hydrogen) atoms. The highest BCUT2D eigenvalue weighted by Gasteiger charge is 2.04. The quantitative estimate of drug-likeness (QED) is 0.629. The van der Waals surface area contributed by atoms with Crippen LogP contribution in [0.15, 0.2) is 48.5 Å². The van der Waals surface area contributed by atoms with Crippen molar-refractivity contribution in [3.8, 4) is 6.07 Å². The number of allylic oxidation sites excluding steroid dienone is 1. The highest BCUT2D eigenvalue weighted by atomic mass is 19.1. The molecular formula is C16H9F2NO. The first kappa shape index (κ1) is 13.6. The molecule has 0 amide bonds. The van der Waals surface area contributed by atoms with Crippen LogP contribution in [-0.4, -0.2) is 5.78 Å². The molecule has 0 N–H and O–H groups in total. The first-order valence-electron chi connectivity index (χ1n) is 5.78. The first-order chi connectivity index (χ1) is 9.60. The summed E-state index contributed by atoms with van der Waals surface area (Å²) in [7, 11) is 0. The summed E-state index contributed by atoms with van der Waals surface area (Å²) in [6.07, 6.45) is 2.36. The molecule has 0 bridgehead atoms. The molecule has 98 valence electrons. The lowest BCUT2D eigenvalue weighted by molar-refractivity contribution is 0.104. The van der Waals surface area contributed by atoms with E-state index in [0.717, 1.165) is 24.3 Å². The van der Waals surface area contributed by atoms with Crippen LogP contribution < -0.4 is 0 Å². The topological polar surface area (TPSA) is 40.9 Å². The molecule has 4 heteroatoms. The Hall–Kier alpha value is -2.80. The zero-order valence-corrected chi connectivity index (χ0v) is 10.3. The van der Waals surface area contributed by atoms with Gasteiger partial charge in [-0.3, -0.25) is 4.79 Å². The molecule has 0 aliphatic heterocycles.